The van der Waals surface area contributed by atoms with Crippen LogP contribution >= 0.6 is 0 Å². The molecule has 1 aromatic heterocycles. The molecule has 3 aromatic carbocycles. The molecular formula is C33H44N2O. The topological polar surface area (TPSA) is 37.0 Å². The van der Waals surface area contributed by atoms with Crippen molar-refractivity contribution in [3.05, 3.63) is 77.9 Å². The Hall–Kier alpha value is -2.78. The van der Waals surface area contributed by atoms with E-state index in [4.69, 9.17) is 4.74 Å². The minimum absolute atomic E-state index is 0.700. The maximum Gasteiger partial charge on any atom is 0.121 e. The standard InChI is InChI=1S/C33H44N2O/c1-3-5-6-13-23-36-29-20-21-30-32(24-29)35-31-19-14-18-28(33(30)31)25-34-22-12-8-11-15-26(4-2)27-16-9-7-10-17-27/h7,9-10,14,16-21,24,26,34-35H,3-6,8,11-13,15,22-23,25H2,1-2H3. The Kier molecular flexibility index (Phi) is 10.3. The maximum absolute atomic E-state index is 6.01. The summed E-state index contributed by atoms with van der Waals surface area (Å²) in [7, 11) is 0. The smallest absolute Gasteiger partial charge is 0.121 e. The van der Waals surface area contributed by atoms with E-state index in [9.17, 15) is 0 Å². The summed E-state index contributed by atoms with van der Waals surface area (Å²) in [6.45, 7) is 7.32. The zero-order valence-electron chi connectivity index (χ0n) is 22.3. The second-order valence-corrected chi connectivity index (χ2v) is 10.1. The molecule has 0 aliphatic carbocycles. The van der Waals surface area contributed by atoms with E-state index in [2.05, 4.69) is 90.9 Å². The number of hydrogen-bond acceptors (Lipinski definition) is 2. The summed E-state index contributed by atoms with van der Waals surface area (Å²) < 4.78 is 6.01. The van der Waals surface area contributed by atoms with Crippen LogP contribution < -0.4 is 10.1 Å². The molecular weight excluding hydrogens is 440 g/mol. The van der Waals surface area contributed by atoms with Gasteiger partial charge in [-0.3, -0.25) is 0 Å². The monoisotopic (exact) mass is 484 g/mol. The first-order valence-corrected chi connectivity index (χ1v) is 14.2. The molecule has 0 amide bonds. The molecule has 3 nitrogen and oxygen atoms in total. The van der Waals surface area contributed by atoms with Crippen LogP contribution in [0.4, 0.5) is 0 Å². The molecule has 0 bridgehead atoms. The molecule has 4 rings (SSSR count). The van der Waals surface area contributed by atoms with Gasteiger partial charge in [0.1, 0.15) is 5.75 Å². The highest BCUT2D eigenvalue weighted by molar-refractivity contribution is 6.09. The molecule has 1 heterocycles. The molecule has 0 radical (unpaired) electrons. The predicted octanol–water partition coefficient (Wildman–Crippen LogP) is 9.12. The zero-order chi connectivity index (χ0) is 25.0. The molecule has 3 heteroatoms. The van der Waals surface area contributed by atoms with Crippen molar-refractivity contribution >= 4 is 21.8 Å². The van der Waals surface area contributed by atoms with Crippen molar-refractivity contribution in [2.75, 3.05) is 13.2 Å². The van der Waals surface area contributed by atoms with Crippen LogP contribution in [0.5, 0.6) is 5.75 Å². The number of benzene rings is 3. The van der Waals surface area contributed by atoms with Gasteiger partial charge in [0.05, 0.1) is 12.1 Å². The van der Waals surface area contributed by atoms with Gasteiger partial charge in [0.25, 0.3) is 0 Å². The van der Waals surface area contributed by atoms with Gasteiger partial charge in [0.15, 0.2) is 0 Å². The quantitative estimate of drug-likeness (QED) is 0.156. The molecule has 1 unspecified atom stereocenters. The van der Waals surface area contributed by atoms with E-state index in [0.29, 0.717) is 5.92 Å². The predicted molar refractivity (Wildman–Crippen MR) is 155 cm³/mol. The first-order valence-electron chi connectivity index (χ1n) is 14.2. The van der Waals surface area contributed by atoms with Gasteiger partial charge in [-0.2, -0.15) is 0 Å². The molecule has 0 saturated heterocycles. The lowest BCUT2D eigenvalue weighted by Gasteiger charge is -2.15. The third-order valence-electron chi connectivity index (χ3n) is 7.43. The van der Waals surface area contributed by atoms with Gasteiger partial charge in [-0.1, -0.05) is 88.4 Å². The van der Waals surface area contributed by atoms with Gasteiger partial charge in [-0.25, -0.2) is 0 Å². The third kappa shape index (κ3) is 7.13. The summed E-state index contributed by atoms with van der Waals surface area (Å²) in [5.74, 6) is 1.66. The molecule has 0 saturated carbocycles. The summed E-state index contributed by atoms with van der Waals surface area (Å²) in [6, 6.07) is 24.1. The number of rotatable bonds is 16. The zero-order valence-corrected chi connectivity index (χ0v) is 22.3. The van der Waals surface area contributed by atoms with Crippen molar-refractivity contribution in [2.45, 2.75) is 84.1 Å². The van der Waals surface area contributed by atoms with Crippen LogP contribution in [0.2, 0.25) is 0 Å². The van der Waals surface area contributed by atoms with Crippen LogP contribution in [-0.4, -0.2) is 18.1 Å². The molecule has 192 valence electrons. The van der Waals surface area contributed by atoms with E-state index >= 15 is 0 Å². The molecule has 0 aliphatic rings. The Labute approximate surface area is 217 Å². The molecule has 0 fully saturated rings. The number of nitrogens with one attached hydrogen (secondary N) is 2. The van der Waals surface area contributed by atoms with Gasteiger partial charge in [0.2, 0.25) is 0 Å². The van der Waals surface area contributed by atoms with Gasteiger partial charge < -0.3 is 15.0 Å². The highest BCUT2D eigenvalue weighted by atomic mass is 16.5. The van der Waals surface area contributed by atoms with Crippen molar-refractivity contribution in [2.24, 2.45) is 0 Å². The van der Waals surface area contributed by atoms with E-state index in [0.717, 1.165) is 37.4 Å². The fraction of sp³-hybridized carbons (Fsp3) is 0.455. The summed E-state index contributed by atoms with van der Waals surface area (Å²) in [5, 5.41) is 6.32. The van der Waals surface area contributed by atoms with Crippen LogP contribution in [0.1, 0.15) is 88.7 Å². The summed E-state index contributed by atoms with van der Waals surface area (Å²) in [6.07, 6.45) is 11.2. The van der Waals surface area contributed by atoms with Gasteiger partial charge in [-0.05, 0) is 67.5 Å². The average Bonchev–Trinajstić information content (AvgIpc) is 3.29. The Morgan fingerprint density at radius 1 is 0.806 bits per heavy atom. The van der Waals surface area contributed by atoms with Crippen LogP contribution in [0.25, 0.3) is 21.8 Å². The first-order chi connectivity index (χ1) is 17.8. The lowest BCUT2D eigenvalue weighted by Crippen LogP contribution is -2.14. The Morgan fingerprint density at radius 3 is 2.50 bits per heavy atom. The lowest BCUT2D eigenvalue weighted by molar-refractivity contribution is 0.305. The second kappa shape index (κ2) is 14.1. The van der Waals surface area contributed by atoms with Crippen molar-refractivity contribution in [3.63, 3.8) is 0 Å². The molecule has 2 N–H and O–H groups in total. The van der Waals surface area contributed by atoms with Gasteiger partial charge >= 0.3 is 0 Å². The number of hydrogen-bond donors (Lipinski definition) is 2. The SMILES string of the molecule is CCCCCCOc1ccc2c(c1)[nH]c1cccc(CNCCCCCC(CC)c3ccccc3)c12. The largest absolute Gasteiger partial charge is 0.494 e. The summed E-state index contributed by atoms with van der Waals surface area (Å²) >= 11 is 0. The van der Waals surface area contributed by atoms with Crippen LogP contribution in [0.15, 0.2) is 66.7 Å². The van der Waals surface area contributed by atoms with Crippen molar-refractivity contribution in [3.8, 4) is 5.75 Å². The lowest BCUT2D eigenvalue weighted by atomic mass is 9.91. The van der Waals surface area contributed by atoms with Crippen LogP contribution in [0, 0.1) is 0 Å². The van der Waals surface area contributed by atoms with Crippen LogP contribution in [0.3, 0.4) is 0 Å². The van der Waals surface area contributed by atoms with Crippen molar-refractivity contribution in [1.82, 2.24) is 10.3 Å². The minimum atomic E-state index is 0.700. The van der Waals surface area contributed by atoms with Gasteiger partial charge in [0, 0.05) is 28.9 Å². The Balaban J connectivity index is 1.25. The molecule has 0 spiro atoms. The first kappa shape index (κ1) is 26.3. The fourth-order valence-electron chi connectivity index (χ4n) is 5.34. The van der Waals surface area contributed by atoms with E-state index < -0.39 is 0 Å². The van der Waals surface area contributed by atoms with E-state index in [-0.39, 0.29) is 0 Å². The Bertz CT molecular complexity index is 1180. The van der Waals surface area contributed by atoms with Crippen molar-refractivity contribution < 1.29 is 4.74 Å². The van der Waals surface area contributed by atoms with Crippen LogP contribution in [-0.2, 0) is 6.54 Å². The highest BCUT2D eigenvalue weighted by Crippen LogP contribution is 2.31. The highest BCUT2D eigenvalue weighted by Gasteiger charge is 2.10. The molecule has 4 aromatic rings. The van der Waals surface area contributed by atoms with Crippen molar-refractivity contribution in [1.29, 1.82) is 0 Å². The maximum atomic E-state index is 6.01. The van der Waals surface area contributed by atoms with Gasteiger partial charge in [-0.15, -0.1) is 0 Å². The fourth-order valence-corrected chi connectivity index (χ4v) is 5.34. The second-order valence-electron chi connectivity index (χ2n) is 10.1. The number of aromatic nitrogens is 1. The third-order valence-corrected chi connectivity index (χ3v) is 7.43. The minimum Gasteiger partial charge on any atom is -0.494 e. The normalized spacial score (nSPS) is 12.4. The summed E-state index contributed by atoms with van der Waals surface area (Å²) in [4.78, 5) is 3.61. The molecule has 36 heavy (non-hydrogen) atoms. The number of aromatic amines is 1. The molecule has 0 aliphatic heterocycles. The number of H-pyrrole nitrogens is 1. The van der Waals surface area contributed by atoms with E-state index in [1.54, 1.807) is 0 Å². The average molecular weight is 485 g/mol. The number of fused-ring (bicyclic) bond motifs is 3. The Morgan fingerprint density at radius 2 is 1.67 bits per heavy atom. The number of unbranched alkanes of at least 4 members (excludes halogenated alkanes) is 5. The van der Waals surface area contributed by atoms with E-state index in [1.807, 2.05) is 0 Å². The summed E-state index contributed by atoms with van der Waals surface area (Å²) in [5.41, 5.74) is 5.22. The van der Waals surface area contributed by atoms with E-state index in [1.165, 1.54) is 78.8 Å². The molecule has 1 atom stereocenters. The number of ether oxygens (including phenoxy) is 1.